The second kappa shape index (κ2) is 7.34. The van der Waals surface area contributed by atoms with E-state index in [1.54, 1.807) is 16.2 Å². The fourth-order valence-electron chi connectivity index (χ4n) is 4.09. The first-order valence-electron chi connectivity index (χ1n) is 9.71. The van der Waals surface area contributed by atoms with Crippen LogP contribution in [0.15, 0.2) is 65.5 Å². The van der Waals surface area contributed by atoms with Crippen molar-refractivity contribution in [1.29, 1.82) is 0 Å². The van der Waals surface area contributed by atoms with Crippen LogP contribution in [0.2, 0.25) is 0 Å². The standard InChI is InChI=1S/C23H21N3OS/c27-22-21-18-11-12-26(14-17-9-5-2-6-10-17)15-19(18)28-23(21)25-20(24-22)13-16-7-3-1-4-8-16/h1-10H,11-15H2,(H,24,25,27)/p+1. The van der Waals surface area contributed by atoms with Crippen LogP contribution in [0.3, 0.4) is 0 Å². The summed E-state index contributed by atoms with van der Waals surface area (Å²) in [6, 6.07) is 20.8. The summed E-state index contributed by atoms with van der Waals surface area (Å²) in [4.78, 5) is 24.4. The zero-order chi connectivity index (χ0) is 18.9. The van der Waals surface area contributed by atoms with Crippen LogP contribution in [0.1, 0.15) is 27.4 Å². The van der Waals surface area contributed by atoms with Gasteiger partial charge in [0.2, 0.25) is 0 Å². The van der Waals surface area contributed by atoms with Crippen LogP contribution in [-0.4, -0.2) is 16.5 Å². The van der Waals surface area contributed by atoms with Gasteiger partial charge in [-0.3, -0.25) is 4.79 Å². The van der Waals surface area contributed by atoms with Crippen LogP contribution in [-0.2, 0) is 25.9 Å². The molecule has 0 fully saturated rings. The Labute approximate surface area is 167 Å². The summed E-state index contributed by atoms with van der Waals surface area (Å²) in [6.45, 7) is 3.05. The maximum atomic E-state index is 12.8. The van der Waals surface area contributed by atoms with Gasteiger partial charge in [0.1, 0.15) is 23.7 Å². The smallest absolute Gasteiger partial charge is 0.259 e. The predicted octanol–water partition coefficient (Wildman–Crippen LogP) is 2.72. The molecule has 1 atom stereocenters. The van der Waals surface area contributed by atoms with Crippen LogP contribution >= 0.6 is 11.3 Å². The number of rotatable bonds is 4. The average molecular weight is 389 g/mol. The predicted molar refractivity (Wildman–Crippen MR) is 113 cm³/mol. The lowest BCUT2D eigenvalue weighted by atomic mass is 10.0. The highest BCUT2D eigenvalue weighted by atomic mass is 32.1. The first-order chi connectivity index (χ1) is 13.8. The average Bonchev–Trinajstić information content (AvgIpc) is 3.07. The second-order valence-corrected chi connectivity index (χ2v) is 8.53. The van der Waals surface area contributed by atoms with Crippen molar-refractivity contribution in [1.82, 2.24) is 9.97 Å². The Hall–Kier alpha value is -2.76. The SMILES string of the molecule is O=c1[nH]c(Cc2ccccc2)nc2sc3c(c12)CC[NH+](Cc1ccccc1)C3. The molecule has 28 heavy (non-hydrogen) atoms. The number of benzene rings is 2. The monoisotopic (exact) mass is 388 g/mol. The number of hydrogen-bond acceptors (Lipinski definition) is 3. The Kier molecular flexibility index (Phi) is 4.55. The van der Waals surface area contributed by atoms with Crippen LogP contribution in [0.25, 0.3) is 10.2 Å². The summed E-state index contributed by atoms with van der Waals surface area (Å²) in [5, 5.41) is 0.815. The normalized spacial score (nSPS) is 16.2. The minimum atomic E-state index is 0.0138. The third kappa shape index (κ3) is 3.39. The number of fused-ring (bicyclic) bond motifs is 3. The molecule has 1 unspecified atom stereocenters. The van der Waals surface area contributed by atoms with E-state index in [-0.39, 0.29) is 5.56 Å². The topological polar surface area (TPSA) is 50.2 Å². The van der Waals surface area contributed by atoms with Gasteiger partial charge >= 0.3 is 0 Å². The van der Waals surface area contributed by atoms with Crippen LogP contribution in [0, 0.1) is 0 Å². The van der Waals surface area contributed by atoms with Gasteiger partial charge in [0.25, 0.3) is 5.56 Å². The zero-order valence-electron chi connectivity index (χ0n) is 15.6. The highest BCUT2D eigenvalue weighted by Gasteiger charge is 2.26. The number of aromatic nitrogens is 2. The zero-order valence-corrected chi connectivity index (χ0v) is 16.4. The van der Waals surface area contributed by atoms with E-state index in [1.165, 1.54) is 16.0 Å². The largest absolute Gasteiger partial charge is 0.326 e. The van der Waals surface area contributed by atoms with Crippen molar-refractivity contribution in [2.24, 2.45) is 0 Å². The van der Waals surface area contributed by atoms with E-state index < -0.39 is 0 Å². The second-order valence-electron chi connectivity index (χ2n) is 7.45. The molecule has 0 spiro atoms. The first kappa shape index (κ1) is 17.3. The van der Waals surface area contributed by atoms with E-state index in [9.17, 15) is 4.79 Å². The van der Waals surface area contributed by atoms with Gasteiger partial charge in [-0.2, -0.15) is 0 Å². The molecule has 1 aliphatic rings. The van der Waals surface area contributed by atoms with Gasteiger partial charge in [0.15, 0.2) is 0 Å². The van der Waals surface area contributed by atoms with Gasteiger partial charge in [-0.25, -0.2) is 4.98 Å². The Morgan fingerprint density at radius 2 is 1.71 bits per heavy atom. The molecule has 1 aliphatic heterocycles. The van der Waals surface area contributed by atoms with Gasteiger partial charge < -0.3 is 9.88 Å². The molecule has 4 nitrogen and oxygen atoms in total. The third-order valence-electron chi connectivity index (χ3n) is 5.44. The maximum Gasteiger partial charge on any atom is 0.259 e. The Morgan fingerprint density at radius 3 is 2.46 bits per heavy atom. The summed E-state index contributed by atoms with van der Waals surface area (Å²) in [5.74, 6) is 0.746. The quantitative estimate of drug-likeness (QED) is 0.565. The van der Waals surface area contributed by atoms with Gasteiger partial charge in [-0.1, -0.05) is 60.7 Å². The molecule has 0 bridgehead atoms. The van der Waals surface area contributed by atoms with Crippen LogP contribution < -0.4 is 10.5 Å². The van der Waals surface area contributed by atoms with Crippen molar-refractivity contribution in [2.45, 2.75) is 25.9 Å². The number of thiophene rings is 1. The molecule has 4 aromatic rings. The Morgan fingerprint density at radius 1 is 1.00 bits per heavy atom. The lowest BCUT2D eigenvalue weighted by Gasteiger charge is -2.23. The highest BCUT2D eigenvalue weighted by Crippen LogP contribution is 2.29. The molecular formula is C23H22N3OS+. The fourth-order valence-corrected chi connectivity index (χ4v) is 5.40. The van der Waals surface area contributed by atoms with E-state index in [2.05, 4.69) is 47.4 Å². The van der Waals surface area contributed by atoms with Gasteiger partial charge in [0, 0.05) is 18.4 Å². The molecule has 5 rings (SSSR count). The van der Waals surface area contributed by atoms with Crippen molar-refractivity contribution in [2.75, 3.05) is 6.54 Å². The molecule has 2 aromatic heterocycles. The number of aromatic amines is 1. The van der Waals surface area contributed by atoms with Gasteiger partial charge in [-0.15, -0.1) is 11.3 Å². The number of H-pyrrole nitrogens is 1. The summed E-state index contributed by atoms with van der Waals surface area (Å²) >= 11 is 1.70. The first-order valence-corrected chi connectivity index (χ1v) is 10.5. The van der Waals surface area contributed by atoms with Crippen molar-refractivity contribution in [3.05, 3.63) is 98.4 Å². The van der Waals surface area contributed by atoms with Crippen LogP contribution in [0.5, 0.6) is 0 Å². The summed E-state index contributed by atoms with van der Waals surface area (Å²) in [6.07, 6.45) is 1.60. The summed E-state index contributed by atoms with van der Waals surface area (Å²) in [7, 11) is 0. The maximum absolute atomic E-state index is 12.8. The van der Waals surface area contributed by atoms with E-state index in [1.807, 2.05) is 18.2 Å². The van der Waals surface area contributed by atoms with E-state index in [0.29, 0.717) is 6.42 Å². The van der Waals surface area contributed by atoms with Gasteiger partial charge in [0.05, 0.1) is 16.8 Å². The fraction of sp³-hybridized carbons (Fsp3) is 0.217. The van der Waals surface area contributed by atoms with Crippen LogP contribution in [0.4, 0.5) is 0 Å². The molecule has 0 radical (unpaired) electrons. The minimum Gasteiger partial charge on any atom is -0.326 e. The molecule has 3 heterocycles. The molecule has 0 saturated heterocycles. The molecule has 140 valence electrons. The van der Waals surface area contributed by atoms with Crippen molar-refractivity contribution < 1.29 is 4.90 Å². The molecule has 5 heteroatoms. The number of quaternary nitrogens is 1. The Bertz CT molecular complexity index is 1170. The van der Waals surface area contributed by atoms with E-state index >= 15 is 0 Å². The minimum absolute atomic E-state index is 0.0138. The van der Waals surface area contributed by atoms with Crippen molar-refractivity contribution >= 4 is 21.6 Å². The van der Waals surface area contributed by atoms with Crippen molar-refractivity contribution in [3.63, 3.8) is 0 Å². The molecule has 2 aromatic carbocycles. The van der Waals surface area contributed by atoms with Crippen molar-refractivity contribution in [3.8, 4) is 0 Å². The summed E-state index contributed by atoms with van der Waals surface area (Å²) < 4.78 is 0. The lowest BCUT2D eigenvalue weighted by Crippen LogP contribution is -3.10. The molecular weight excluding hydrogens is 366 g/mol. The Balaban J connectivity index is 1.43. The highest BCUT2D eigenvalue weighted by molar-refractivity contribution is 7.18. The number of nitrogens with zero attached hydrogens (tertiary/aromatic N) is 1. The van der Waals surface area contributed by atoms with E-state index in [4.69, 9.17) is 4.98 Å². The number of nitrogens with one attached hydrogen (secondary N) is 2. The summed E-state index contributed by atoms with van der Waals surface area (Å²) in [5.41, 5.74) is 3.75. The third-order valence-corrected chi connectivity index (χ3v) is 6.57. The molecule has 0 amide bonds. The molecule has 0 saturated carbocycles. The van der Waals surface area contributed by atoms with E-state index in [0.717, 1.165) is 47.7 Å². The molecule has 0 aliphatic carbocycles. The number of hydrogen-bond donors (Lipinski definition) is 2. The van der Waals surface area contributed by atoms with Gasteiger partial charge in [-0.05, 0) is 11.1 Å². The lowest BCUT2D eigenvalue weighted by molar-refractivity contribution is -0.929. The molecule has 2 N–H and O–H groups in total.